The van der Waals surface area contributed by atoms with Crippen molar-refractivity contribution >= 4 is 39.1 Å². The lowest BCUT2D eigenvalue weighted by Crippen LogP contribution is -2.44. The third-order valence-corrected chi connectivity index (χ3v) is 9.02. The predicted octanol–water partition coefficient (Wildman–Crippen LogP) is 8.40. The minimum absolute atomic E-state index is 0.121. The molecular formula is C33H37BrClNO4. The molecule has 5 nitrogen and oxygen atoms in total. The van der Waals surface area contributed by atoms with Crippen molar-refractivity contribution in [3.63, 3.8) is 0 Å². The molecule has 0 bridgehead atoms. The summed E-state index contributed by atoms with van der Waals surface area (Å²) in [5, 5.41) is 0.648. The monoisotopic (exact) mass is 625 g/mol. The van der Waals surface area contributed by atoms with E-state index < -0.39 is 5.92 Å². The summed E-state index contributed by atoms with van der Waals surface area (Å²) in [6, 6.07) is 11.5. The Morgan fingerprint density at radius 1 is 0.950 bits per heavy atom. The van der Waals surface area contributed by atoms with Crippen LogP contribution in [-0.4, -0.2) is 30.1 Å². The average Bonchev–Trinajstić information content (AvgIpc) is 2.85. The summed E-state index contributed by atoms with van der Waals surface area (Å²) in [5.74, 6) is 0.909. The van der Waals surface area contributed by atoms with E-state index in [1.807, 2.05) is 36.4 Å². The molecule has 0 fully saturated rings. The molecule has 0 saturated carbocycles. The molecule has 0 spiro atoms. The van der Waals surface area contributed by atoms with Crippen LogP contribution in [-0.2, 0) is 16.2 Å². The van der Waals surface area contributed by atoms with E-state index in [2.05, 4.69) is 55.4 Å². The highest BCUT2D eigenvalue weighted by Gasteiger charge is 2.48. The lowest BCUT2D eigenvalue weighted by atomic mass is 9.63. The molecular weight excluding hydrogens is 590 g/mol. The SMILES string of the molecule is CCN1C2=C(C(=O)CC(C)(C)C2)C(c2cc(Br)c(OCc3cccc(Cl)c3)c(OC)c2)C2=C1CC(C)(C)CC2=O. The van der Waals surface area contributed by atoms with Gasteiger partial charge in [0.15, 0.2) is 23.1 Å². The van der Waals surface area contributed by atoms with Gasteiger partial charge in [-0.2, -0.15) is 0 Å². The molecule has 0 saturated heterocycles. The van der Waals surface area contributed by atoms with Gasteiger partial charge in [0, 0.05) is 52.9 Å². The van der Waals surface area contributed by atoms with Crippen LogP contribution < -0.4 is 9.47 Å². The molecule has 212 valence electrons. The molecule has 1 aliphatic heterocycles. The van der Waals surface area contributed by atoms with Crippen molar-refractivity contribution in [3.8, 4) is 11.5 Å². The quantitative estimate of drug-likeness (QED) is 0.322. The number of nitrogens with zero attached hydrogens (tertiary/aromatic N) is 1. The molecule has 2 aromatic rings. The average molecular weight is 627 g/mol. The van der Waals surface area contributed by atoms with Crippen LogP contribution in [0.4, 0.5) is 0 Å². The number of carbonyl (C=O) groups excluding carboxylic acids is 2. The Bertz CT molecular complexity index is 1400. The van der Waals surface area contributed by atoms with E-state index in [1.165, 1.54) is 0 Å². The summed E-state index contributed by atoms with van der Waals surface area (Å²) < 4.78 is 12.7. The summed E-state index contributed by atoms with van der Waals surface area (Å²) in [4.78, 5) is 30.1. The van der Waals surface area contributed by atoms with Crippen LogP contribution in [0.15, 0.2) is 63.4 Å². The van der Waals surface area contributed by atoms with E-state index in [0.717, 1.165) is 53.1 Å². The second-order valence-corrected chi connectivity index (χ2v) is 14.0. The molecule has 0 aromatic heterocycles. The Hall–Kier alpha value is -2.57. The Labute approximate surface area is 250 Å². The fourth-order valence-corrected chi connectivity index (χ4v) is 7.38. The topological polar surface area (TPSA) is 55.8 Å². The fourth-order valence-electron chi connectivity index (χ4n) is 6.59. The first-order valence-corrected chi connectivity index (χ1v) is 15.1. The molecule has 1 heterocycles. The van der Waals surface area contributed by atoms with Gasteiger partial charge in [-0.05, 0) is 81.9 Å². The second-order valence-electron chi connectivity index (χ2n) is 12.7. The Balaban J connectivity index is 1.65. The minimum atomic E-state index is -0.438. The van der Waals surface area contributed by atoms with E-state index in [9.17, 15) is 9.59 Å². The van der Waals surface area contributed by atoms with Crippen LogP contribution in [0.2, 0.25) is 5.02 Å². The standard InChI is InChI=1S/C33H37BrClNO4/c1-7-36-23-14-32(2,3)16-25(37)29(23)28(30-24(36)15-33(4,5)17-26(30)38)20-12-22(34)31(27(13-20)39-6)40-18-19-9-8-10-21(35)11-19/h8-13,28H,7,14-18H2,1-6H3. The highest BCUT2D eigenvalue weighted by molar-refractivity contribution is 9.10. The van der Waals surface area contributed by atoms with Gasteiger partial charge >= 0.3 is 0 Å². The second kappa shape index (κ2) is 10.7. The van der Waals surface area contributed by atoms with Crippen molar-refractivity contribution in [2.75, 3.05) is 13.7 Å². The molecule has 0 radical (unpaired) electrons. The normalized spacial score (nSPS) is 20.4. The molecule has 2 aliphatic carbocycles. The van der Waals surface area contributed by atoms with Crippen LogP contribution in [0.3, 0.4) is 0 Å². The van der Waals surface area contributed by atoms with Gasteiger partial charge in [0.2, 0.25) is 0 Å². The van der Waals surface area contributed by atoms with E-state index in [4.69, 9.17) is 21.1 Å². The molecule has 2 aromatic carbocycles. The zero-order chi connectivity index (χ0) is 29.0. The first-order valence-electron chi connectivity index (χ1n) is 13.9. The van der Waals surface area contributed by atoms with Gasteiger partial charge in [-0.15, -0.1) is 0 Å². The number of Topliss-reactive ketones (excluding diaryl/α,β-unsaturated/α-hetero) is 2. The van der Waals surface area contributed by atoms with Crippen molar-refractivity contribution in [1.82, 2.24) is 4.90 Å². The van der Waals surface area contributed by atoms with Crippen molar-refractivity contribution in [3.05, 3.63) is 79.6 Å². The zero-order valence-corrected chi connectivity index (χ0v) is 26.5. The van der Waals surface area contributed by atoms with Gasteiger partial charge in [-0.25, -0.2) is 0 Å². The van der Waals surface area contributed by atoms with Crippen LogP contribution in [0, 0.1) is 10.8 Å². The maximum absolute atomic E-state index is 13.9. The minimum Gasteiger partial charge on any atom is -0.493 e. The highest BCUT2D eigenvalue weighted by atomic mass is 79.9. The maximum atomic E-state index is 13.9. The summed E-state index contributed by atoms with van der Waals surface area (Å²) in [5.41, 5.74) is 5.16. The third-order valence-electron chi connectivity index (χ3n) is 8.20. The first kappa shape index (κ1) is 28.9. The van der Waals surface area contributed by atoms with E-state index >= 15 is 0 Å². The van der Waals surface area contributed by atoms with Crippen LogP contribution in [0.1, 0.15) is 77.3 Å². The van der Waals surface area contributed by atoms with E-state index in [0.29, 0.717) is 40.4 Å². The summed E-state index contributed by atoms with van der Waals surface area (Å²) >= 11 is 9.88. The van der Waals surface area contributed by atoms with Gasteiger partial charge in [-0.1, -0.05) is 51.4 Å². The Morgan fingerprint density at radius 2 is 1.55 bits per heavy atom. The number of hydrogen-bond donors (Lipinski definition) is 0. The lowest BCUT2D eigenvalue weighted by molar-refractivity contribution is -0.119. The van der Waals surface area contributed by atoms with Crippen molar-refractivity contribution < 1.29 is 19.1 Å². The Morgan fingerprint density at radius 3 is 2.08 bits per heavy atom. The summed E-state index contributed by atoms with van der Waals surface area (Å²) in [6.45, 7) is 11.8. The molecule has 7 heteroatoms. The third kappa shape index (κ3) is 5.37. The molecule has 40 heavy (non-hydrogen) atoms. The summed E-state index contributed by atoms with van der Waals surface area (Å²) in [6.07, 6.45) is 2.51. The van der Waals surface area contributed by atoms with Crippen molar-refractivity contribution in [2.24, 2.45) is 10.8 Å². The number of halogens is 2. The van der Waals surface area contributed by atoms with E-state index in [-0.39, 0.29) is 22.4 Å². The van der Waals surface area contributed by atoms with Gasteiger partial charge < -0.3 is 14.4 Å². The number of rotatable bonds is 6. The number of carbonyl (C=O) groups is 2. The number of methoxy groups -OCH3 is 1. The van der Waals surface area contributed by atoms with E-state index in [1.54, 1.807) is 7.11 Å². The predicted molar refractivity (Wildman–Crippen MR) is 162 cm³/mol. The molecule has 0 N–H and O–H groups in total. The van der Waals surface area contributed by atoms with Crippen LogP contribution >= 0.6 is 27.5 Å². The maximum Gasteiger partial charge on any atom is 0.175 e. The number of allylic oxidation sites excluding steroid dienone is 4. The number of ketones is 2. The highest BCUT2D eigenvalue weighted by Crippen LogP contribution is 2.55. The zero-order valence-electron chi connectivity index (χ0n) is 24.1. The fraction of sp³-hybridized carbons (Fsp3) is 0.455. The lowest BCUT2D eigenvalue weighted by Gasteiger charge is -2.49. The van der Waals surface area contributed by atoms with Gasteiger partial charge in [0.1, 0.15) is 6.61 Å². The molecule has 3 aliphatic rings. The van der Waals surface area contributed by atoms with Gasteiger partial charge in [-0.3, -0.25) is 9.59 Å². The van der Waals surface area contributed by atoms with Gasteiger partial charge in [0.25, 0.3) is 0 Å². The molecule has 0 amide bonds. The van der Waals surface area contributed by atoms with Crippen molar-refractivity contribution in [2.45, 2.75) is 72.8 Å². The van der Waals surface area contributed by atoms with Crippen LogP contribution in [0.5, 0.6) is 11.5 Å². The van der Waals surface area contributed by atoms with Gasteiger partial charge in [0.05, 0.1) is 11.6 Å². The first-order chi connectivity index (χ1) is 18.8. The molecule has 0 atom stereocenters. The molecule has 0 unspecified atom stereocenters. The number of ether oxygens (including phenoxy) is 2. The Kier molecular flexibility index (Phi) is 7.73. The number of hydrogen-bond acceptors (Lipinski definition) is 5. The van der Waals surface area contributed by atoms with Crippen LogP contribution in [0.25, 0.3) is 0 Å². The molecule has 5 rings (SSSR count). The van der Waals surface area contributed by atoms with Crippen molar-refractivity contribution in [1.29, 1.82) is 0 Å². The summed E-state index contributed by atoms with van der Waals surface area (Å²) in [7, 11) is 1.61. The number of benzene rings is 2. The largest absolute Gasteiger partial charge is 0.493 e. The smallest absolute Gasteiger partial charge is 0.175 e.